The highest BCUT2D eigenvalue weighted by Crippen LogP contribution is 2.40. The first-order chi connectivity index (χ1) is 8.22. The lowest BCUT2D eigenvalue weighted by molar-refractivity contribution is 0.996. The first kappa shape index (κ1) is 10.5. The van der Waals surface area contributed by atoms with E-state index in [9.17, 15) is 0 Å². The Morgan fingerprint density at radius 2 is 1.65 bits per heavy atom. The van der Waals surface area contributed by atoms with E-state index in [0.717, 1.165) is 11.6 Å². The summed E-state index contributed by atoms with van der Waals surface area (Å²) in [4.78, 5) is 4.64. The van der Waals surface area contributed by atoms with Gasteiger partial charge in [0.15, 0.2) is 0 Å². The van der Waals surface area contributed by atoms with E-state index in [-0.39, 0.29) is 0 Å². The number of benzene rings is 1. The Hall–Kier alpha value is -1.63. The molecule has 86 valence electrons. The minimum Gasteiger partial charge on any atom is -0.258 e. The maximum atomic E-state index is 4.64. The van der Waals surface area contributed by atoms with E-state index < -0.39 is 0 Å². The van der Waals surface area contributed by atoms with Crippen LogP contribution in [0, 0.1) is 13.8 Å². The second-order valence-corrected chi connectivity index (χ2v) is 5.06. The van der Waals surface area contributed by atoms with E-state index in [0.29, 0.717) is 0 Å². The molecule has 1 fully saturated rings. The third-order valence-corrected chi connectivity index (χ3v) is 3.35. The minimum atomic E-state index is 0.721. The quantitative estimate of drug-likeness (QED) is 0.742. The summed E-state index contributed by atoms with van der Waals surface area (Å²) in [5.74, 6) is 0.721. The fraction of sp³-hybridized carbons (Fsp3) is 0.312. The number of rotatable bonds is 2. The maximum absolute atomic E-state index is 4.64. The first-order valence-corrected chi connectivity index (χ1v) is 6.28. The Morgan fingerprint density at radius 1 is 0.941 bits per heavy atom. The largest absolute Gasteiger partial charge is 0.258 e. The summed E-state index contributed by atoms with van der Waals surface area (Å²) in [6.45, 7) is 4.21. The molecule has 0 amide bonds. The zero-order valence-corrected chi connectivity index (χ0v) is 10.4. The van der Waals surface area contributed by atoms with Crippen LogP contribution in [0.5, 0.6) is 0 Å². The topological polar surface area (TPSA) is 12.9 Å². The molecule has 0 N–H and O–H groups in total. The molecule has 0 radical (unpaired) electrons. The molecular weight excluding hydrogens is 206 g/mol. The van der Waals surface area contributed by atoms with Crippen LogP contribution in [0.15, 0.2) is 36.4 Å². The summed E-state index contributed by atoms with van der Waals surface area (Å²) in [7, 11) is 0. The molecule has 0 bridgehead atoms. The van der Waals surface area contributed by atoms with Crippen molar-refractivity contribution in [1.29, 1.82) is 0 Å². The number of nitrogens with zero attached hydrogens (tertiary/aromatic N) is 1. The van der Waals surface area contributed by atoms with E-state index >= 15 is 0 Å². The highest BCUT2D eigenvalue weighted by molar-refractivity contribution is 5.64. The Kier molecular flexibility index (Phi) is 2.47. The SMILES string of the molecule is Cc1ccc(-c2cc(C)nc(C3CC3)c2)cc1. The van der Waals surface area contributed by atoms with Crippen LogP contribution in [0.4, 0.5) is 0 Å². The molecule has 1 saturated carbocycles. The lowest BCUT2D eigenvalue weighted by atomic mass is 10.0. The maximum Gasteiger partial charge on any atom is 0.0443 e. The van der Waals surface area contributed by atoms with Crippen LogP contribution in [-0.2, 0) is 0 Å². The molecule has 1 aliphatic rings. The summed E-state index contributed by atoms with van der Waals surface area (Å²) in [6.07, 6.45) is 2.62. The third kappa shape index (κ3) is 2.23. The van der Waals surface area contributed by atoms with Crippen molar-refractivity contribution in [3.05, 3.63) is 53.3 Å². The van der Waals surface area contributed by atoms with Crippen LogP contribution in [0.25, 0.3) is 11.1 Å². The van der Waals surface area contributed by atoms with Crippen molar-refractivity contribution in [2.75, 3.05) is 0 Å². The Bertz CT molecular complexity index is 536. The van der Waals surface area contributed by atoms with Crippen LogP contribution in [0.3, 0.4) is 0 Å². The van der Waals surface area contributed by atoms with Crippen molar-refractivity contribution in [1.82, 2.24) is 4.98 Å². The summed E-state index contributed by atoms with van der Waals surface area (Å²) in [5, 5.41) is 0. The van der Waals surface area contributed by atoms with Gasteiger partial charge < -0.3 is 0 Å². The fourth-order valence-electron chi connectivity index (χ4n) is 2.20. The average Bonchev–Trinajstić information content (AvgIpc) is 3.13. The van der Waals surface area contributed by atoms with E-state index in [2.05, 4.69) is 55.2 Å². The molecule has 1 heteroatoms. The Balaban J connectivity index is 2.04. The zero-order valence-electron chi connectivity index (χ0n) is 10.4. The van der Waals surface area contributed by atoms with Crippen molar-refractivity contribution >= 4 is 0 Å². The highest BCUT2D eigenvalue weighted by Gasteiger charge is 2.25. The monoisotopic (exact) mass is 223 g/mol. The molecule has 2 aromatic rings. The molecule has 17 heavy (non-hydrogen) atoms. The van der Waals surface area contributed by atoms with Crippen LogP contribution in [0.1, 0.15) is 35.7 Å². The van der Waals surface area contributed by atoms with Crippen molar-refractivity contribution in [3.8, 4) is 11.1 Å². The lowest BCUT2D eigenvalue weighted by Crippen LogP contribution is -1.91. The molecule has 1 aromatic carbocycles. The first-order valence-electron chi connectivity index (χ1n) is 6.28. The summed E-state index contributed by atoms with van der Waals surface area (Å²) in [5.41, 5.74) is 6.31. The van der Waals surface area contributed by atoms with E-state index in [1.165, 1.54) is 35.2 Å². The number of aromatic nitrogens is 1. The molecule has 1 nitrogen and oxygen atoms in total. The third-order valence-electron chi connectivity index (χ3n) is 3.35. The van der Waals surface area contributed by atoms with Gasteiger partial charge in [-0.2, -0.15) is 0 Å². The van der Waals surface area contributed by atoms with Gasteiger partial charge in [-0.1, -0.05) is 29.8 Å². The van der Waals surface area contributed by atoms with Gasteiger partial charge in [0.25, 0.3) is 0 Å². The molecule has 1 aromatic heterocycles. The van der Waals surface area contributed by atoms with Crippen LogP contribution < -0.4 is 0 Å². The molecule has 1 heterocycles. The number of aryl methyl sites for hydroxylation is 2. The van der Waals surface area contributed by atoms with Gasteiger partial charge in [0, 0.05) is 17.3 Å². The van der Waals surface area contributed by atoms with Gasteiger partial charge in [-0.05, 0) is 49.9 Å². The van der Waals surface area contributed by atoms with Gasteiger partial charge in [0.1, 0.15) is 0 Å². The zero-order chi connectivity index (χ0) is 11.8. The lowest BCUT2D eigenvalue weighted by Gasteiger charge is -2.07. The van der Waals surface area contributed by atoms with E-state index in [4.69, 9.17) is 0 Å². The van der Waals surface area contributed by atoms with Gasteiger partial charge in [0.2, 0.25) is 0 Å². The minimum absolute atomic E-state index is 0.721. The Morgan fingerprint density at radius 3 is 2.29 bits per heavy atom. The Labute approximate surface area is 103 Å². The number of pyridine rings is 1. The van der Waals surface area contributed by atoms with Crippen molar-refractivity contribution < 1.29 is 0 Å². The molecule has 0 spiro atoms. The normalized spacial score (nSPS) is 14.9. The average molecular weight is 223 g/mol. The van der Waals surface area contributed by atoms with Crippen LogP contribution in [-0.4, -0.2) is 4.98 Å². The van der Waals surface area contributed by atoms with Gasteiger partial charge in [-0.15, -0.1) is 0 Å². The second-order valence-electron chi connectivity index (χ2n) is 5.06. The van der Waals surface area contributed by atoms with Crippen LogP contribution in [0.2, 0.25) is 0 Å². The van der Waals surface area contributed by atoms with Gasteiger partial charge in [-0.3, -0.25) is 4.98 Å². The summed E-state index contributed by atoms with van der Waals surface area (Å²) >= 11 is 0. The molecule has 0 saturated heterocycles. The van der Waals surface area contributed by atoms with Crippen molar-refractivity contribution in [2.24, 2.45) is 0 Å². The molecule has 0 unspecified atom stereocenters. The number of hydrogen-bond acceptors (Lipinski definition) is 1. The van der Waals surface area contributed by atoms with Gasteiger partial charge in [0.05, 0.1) is 0 Å². The molecular formula is C16H17N. The molecule has 3 rings (SSSR count). The van der Waals surface area contributed by atoms with Gasteiger partial charge in [-0.25, -0.2) is 0 Å². The molecule has 0 atom stereocenters. The van der Waals surface area contributed by atoms with Crippen molar-refractivity contribution in [2.45, 2.75) is 32.6 Å². The highest BCUT2D eigenvalue weighted by atomic mass is 14.7. The predicted octanol–water partition coefficient (Wildman–Crippen LogP) is 4.24. The van der Waals surface area contributed by atoms with E-state index in [1.807, 2.05) is 0 Å². The second kappa shape index (κ2) is 3.99. The molecule has 0 aliphatic heterocycles. The van der Waals surface area contributed by atoms with Crippen molar-refractivity contribution in [3.63, 3.8) is 0 Å². The smallest absolute Gasteiger partial charge is 0.0443 e. The molecule has 1 aliphatic carbocycles. The van der Waals surface area contributed by atoms with E-state index in [1.54, 1.807) is 0 Å². The summed E-state index contributed by atoms with van der Waals surface area (Å²) < 4.78 is 0. The fourth-order valence-corrected chi connectivity index (χ4v) is 2.20. The number of hydrogen-bond donors (Lipinski definition) is 0. The summed E-state index contributed by atoms with van der Waals surface area (Å²) in [6, 6.07) is 13.2. The van der Waals surface area contributed by atoms with Gasteiger partial charge >= 0.3 is 0 Å². The van der Waals surface area contributed by atoms with Crippen LogP contribution >= 0.6 is 0 Å². The standard InChI is InChI=1S/C16H17N/c1-11-3-5-13(6-4-11)15-9-12(2)17-16(10-15)14-7-8-14/h3-6,9-10,14H,7-8H2,1-2H3. The predicted molar refractivity (Wildman–Crippen MR) is 71.1 cm³/mol.